The summed E-state index contributed by atoms with van der Waals surface area (Å²) in [5.74, 6) is 0.482. The molecule has 29 heavy (non-hydrogen) atoms. The monoisotopic (exact) mass is 398 g/mol. The van der Waals surface area contributed by atoms with Crippen molar-refractivity contribution in [3.05, 3.63) is 53.6 Å². The lowest BCUT2D eigenvalue weighted by Crippen LogP contribution is -2.45. The highest BCUT2D eigenvalue weighted by atomic mass is 16.7. The number of fused-ring (bicyclic) bond motifs is 1. The first-order valence-corrected chi connectivity index (χ1v) is 9.34. The lowest BCUT2D eigenvalue weighted by molar-refractivity contribution is -0.164. The number of carbonyl (C=O) groups is 2. The van der Waals surface area contributed by atoms with E-state index in [1.54, 1.807) is 19.2 Å². The zero-order valence-corrected chi connectivity index (χ0v) is 16.3. The summed E-state index contributed by atoms with van der Waals surface area (Å²) in [5.41, 5.74) is 0.342. The molecule has 0 N–H and O–H groups in total. The van der Waals surface area contributed by atoms with Crippen molar-refractivity contribution < 1.29 is 33.3 Å². The van der Waals surface area contributed by atoms with Crippen LogP contribution < -0.4 is 14.2 Å². The lowest BCUT2D eigenvalue weighted by atomic mass is 9.70. The minimum absolute atomic E-state index is 0.156. The molecule has 7 nitrogen and oxygen atoms in total. The van der Waals surface area contributed by atoms with Crippen molar-refractivity contribution in [2.24, 2.45) is 11.3 Å². The molecule has 1 unspecified atom stereocenters. The van der Waals surface area contributed by atoms with E-state index >= 15 is 0 Å². The van der Waals surface area contributed by atoms with Gasteiger partial charge in [-0.2, -0.15) is 0 Å². The van der Waals surface area contributed by atoms with Gasteiger partial charge in [-0.25, -0.2) is 0 Å². The molecule has 7 heteroatoms. The van der Waals surface area contributed by atoms with Gasteiger partial charge in [-0.1, -0.05) is 18.2 Å². The summed E-state index contributed by atoms with van der Waals surface area (Å²) in [6, 6.07) is 12.9. The Morgan fingerprint density at radius 2 is 1.76 bits per heavy atom. The van der Waals surface area contributed by atoms with Crippen molar-refractivity contribution in [3.8, 4) is 17.2 Å². The van der Waals surface area contributed by atoms with Crippen LogP contribution in [0, 0.1) is 11.3 Å². The maximum absolute atomic E-state index is 12.9. The third-order valence-corrected chi connectivity index (χ3v) is 5.59. The Kier molecular flexibility index (Phi) is 5.05. The molecule has 4 rings (SSSR count). The molecule has 0 saturated carbocycles. The largest absolute Gasteiger partial charge is 0.497 e. The molecule has 2 heterocycles. The van der Waals surface area contributed by atoms with E-state index in [2.05, 4.69) is 0 Å². The van der Waals surface area contributed by atoms with Crippen molar-refractivity contribution in [3.63, 3.8) is 0 Å². The first-order valence-electron chi connectivity index (χ1n) is 9.34. The quantitative estimate of drug-likeness (QED) is 0.546. The van der Waals surface area contributed by atoms with Gasteiger partial charge in [0.05, 0.1) is 20.8 Å². The van der Waals surface area contributed by atoms with Crippen LogP contribution in [0.4, 0.5) is 0 Å². The molecule has 0 spiro atoms. The zero-order chi connectivity index (χ0) is 20.4. The molecule has 0 aliphatic carbocycles. The molecule has 1 saturated heterocycles. The van der Waals surface area contributed by atoms with Gasteiger partial charge in [-0.05, 0) is 48.2 Å². The predicted octanol–water partition coefficient (Wildman–Crippen LogP) is 2.54. The number of benzene rings is 2. The summed E-state index contributed by atoms with van der Waals surface area (Å²) in [6.45, 7) is 0.313. The summed E-state index contributed by atoms with van der Waals surface area (Å²) in [6.07, 6.45) is 0.658. The number of carbonyl (C=O) groups excluding carboxylic acids is 2. The second-order valence-corrected chi connectivity index (χ2v) is 7.17. The molecule has 0 amide bonds. The highest BCUT2D eigenvalue weighted by Crippen LogP contribution is 2.43. The highest BCUT2D eigenvalue weighted by Gasteiger charge is 2.59. The average molecular weight is 398 g/mol. The van der Waals surface area contributed by atoms with E-state index in [0.29, 0.717) is 17.9 Å². The second kappa shape index (κ2) is 7.66. The Labute approximate surface area is 168 Å². The molecule has 1 fully saturated rings. The van der Waals surface area contributed by atoms with E-state index in [4.69, 9.17) is 23.7 Å². The molecule has 0 radical (unpaired) electrons. The molecule has 152 valence electrons. The molecule has 2 aliphatic rings. The average Bonchev–Trinajstić information content (AvgIpc) is 3.33. The Morgan fingerprint density at radius 1 is 1.03 bits per heavy atom. The summed E-state index contributed by atoms with van der Waals surface area (Å²) in [4.78, 5) is 25.7. The molecular formula is C22H22O7. The number of rotatable bonds is 6. The van der Waals surface area contributed by atoms with E-state index < -0.39 is 17.4 Å². The number of methoxy groups -OCH3 is 2. The van der Waals surface area contributed by atoms with E-state index in [1.807, 2.05) is 30.3 Å². The summed E-state index contributed by atoms with van der Waals surface area (Å²) in [7, 11) is 2.89. The van der Waals surface area contributed by atoms with Crippen LogP contribution in [0.15, 0.2) is 42.5 Å². The van der Waals surface area contributed by atoms with Crippen LogP contribution in [0.2, 0.25) is 0 Å². The van der Waals surface area contributed by atoms with Gasteiger partial charge in [0.1, 0.15) is 5.75 Å². The zero-order valence-electron chi connectivity index (χ0n) is 16.3. The van der Waals surface area contributed by atoms with Crippen LogP contribution in [0.3, 0.4) is 0 Å². The van der Waals surface area contributed by atoms with Gasteiger partial charge >= 0.3 is 11.9 Å². The standard InChI is InChI=1S/C22H22O7/c1-25-17-6-3-14(4-7-17)9-16-12-27-21(24)22(16,20(23)26-2)11-15-5-8-18-19(10-15)29-13-28-18/h3-8,10,16H,9,11-13H2,1-2H3/t16-,22?/m1/s1. The van der Waals surface area contributed by atoms with Crippen molar-refractivity contribution >= 4 is 11.9 Å². The maximum Gasteiger partial charge on any atom is 0.324 e. The molecule has 2 atom stereocenters. The van der Waals surface area contributed by atoms with Gasteiger partial charge in [-0.3, -0.25) is 9.59 Å². The van der Waals surface area contributed by atoms with E-state index in [1.165, 1.54) is 7.11 Å². The van der Waals surface area contributed by atoms with Gasteiger partial charge in [0, 0.05) is 5.92 Å². The smallest absolute Gasteiger partial charge is 0.324 e. The topological polar surface area (TPSA) is 80.3 Å². The third-order valence-electron chi connectivity index (χ3n) is 5.59. The van der Waals surface area contributed by atoms with Crippen LogP contribution in [0.5, 0.6) is 17.2 Å². The minimum Gasteiger partial charge on any atom is -0.497 e. The van der Waals surface area contributed by atoms with Crippen molar-refractivity contribution in [1.29, 1.82) is 0 Å². The van der Waals surface area contributed by atoms with Gasteiger partial charge < -0.3 is 23.7 Å². The van der Waals surface area contributed by atoms with Crippen LogP contribution in [-0.2, 0) is 31.9 Å². The summed E-state index contributed by atoms with van der Waals surface area (Å²) >= 11 is 0. The first kappa shape index (κ1) is 19.1. The molecule has 2 aromatic rings. The fraction of sp³-hybridized carbons (Fsp3) is 0.364. The highest BCUT2D eigenvalue weighted by molar-refractivity contribution is 6.02. The Balaban J connectivity index is 1.66. The second-order valence-electron chi connectivity index (χ2n) is 7.17. The molecule has 0 bridgehead atoms. The maximum atomic E-state index is 12.9. The minimum atomic E-state index is -1.41. The van der Waals surface area contributed by atoms with E-state index in [0.717, 1.165) is 16.9 Å². The number of cyclic esters (lactones) is 1. The van der Waals surface area contributed by atoms with Gasteiger partial charge in [0.15, 0.2) is 16.9 Å². The summed E-state index contributed by atoms with van der Waals surface area (Å²) < 4.78 is 26.4. The van der Waals surface area contributed by atoms with Gasteiger partial charge in [0.2, 0.25) is 6.79 Å². The lowest BCUT2D eigenvalue weighted by Gasteiger charge is -2.28. The first-order chi connectivity index (χ1) is 14.1. The Morgan fingerprint density at radius 3 is 2.48 bits per heavy atom. The predicted molar refractivity (Wildman–Crippen MR) is 102 cm³/mol. The van der Waals surface area contributed by atoms with Crippen LogP contribution in [-0.4, -0.2) is 39.6 Å². The fourth-order valence-electron chi connectivity index (χ4n) is 3.99. The third kappa shape index (κ3) is 3.37. The molecule has 2 aliphatic heterocycles. The number of hydrogen-bond acceptors (Lipinski definition) is 7. The molecular weight excluding hydrogens is 376 g/mol. The Bertz CT molecular complexity index is 921. The van der Waals surface area contributed by atoms with Crippen molar-refractivity contribution in [2.75, 3.05) is 27.6 Å². The number of hydrogen-bond donors (Lipinski definition) is 0. The van der Waals surface area contributed by atoms with Gasteiger partial charge in [0.25, 0.3) is 0 Å². The fourth-order valence-corrected chi connectivity index (χ4v) is 3.99. The number of esters is 2. The normalized spacial score (nSPS) is 22.3. The van der Waals surface area contributed by atoms with E-state index in [9.17, 15) is 9.59 Å². The summed E-state index contributed by atoms with van der Waals surface area (Å²) in [5, 5.41) is 0. The van der Waals surface area contributed by atoms with Crippen molar-refractivity contribution in [1.82, 2.24) is 0 Å². The van der Waals surface area contributed by atoms with E-state index in [-0.39, 0.29) is 25.7 Å². The number of ether oxygens (including phenoxy) is 5. The van der Waals surface area contributed by atoms with Crippen LogP contribution in [0.25, 0.3) is 0 Å². The van der Waals surface area contributed by atoms with Crippen LogP contribution >= 0.6 is 0 Å². The SMILES string of the molecule is COC(=O)C1(Cc2ccc3c(c2)OCO3)C(=O)OC[C@H]1Cc1ccc(OC)cc1. The van der Waals surface area contributed by atoms with Gasteiger partial charge in [-0.15, -0.1) is 0 Å². The van der Waals surface area contributed by atoms with Crippen LogP contribution in [0.1, 0.15) is 11.1 Å². The molecule has 0 aromatic heterocycles. The Hall–Kier alpha value is -3.22. The van der Waals surface area contributed by atoms with Crippen molar-refractivity contribution in [2.45, 2.75) is 12.8 Å². The molecule has 2 aromatic carbocycles.